The number of rotatable bonds is 4. The van der Waals surface area contributed by atoms with Crippen molar-refractivity contribution in [2.75, 3.05) is 0 Å². The molecule has 0 atom stereocenters. The van der Waals surface area contributed by atoms with Gasteiger partial charge in [-0.1, -0.05) is 35.9 Å². The standard InChI is InChI=1S/C21H19ClN4O2/c1-3-25-20(27)18-19(26(21(25)28)17-9-4-6-14(2)10-17)23-13-24(18)12-15-7-5-8-16(22)11-15/h4-11,13H,3,12H2,1-2H3. The minimum absolute atomic E-state index is 0.280. The zero-order valence-corrected chi connectivity index (χ0v) is 16.3. The summed E-state index contributed by atoms with van der Waals surface area (Å²) in [5.41, 5.74) is 2.66. The minimum Gasteiger partial charge on any atom is -0.320 e. The summed E-state index contributed by atoms with van der Waals surface area (Å²) in [6.45, 7) is 4.45. The molecule has 0 radical (unpaired) electrons. The van der Waals surface area contributed by atoms with Gasteiger partial charge in [-0.05, 0) is 49.2 Å². The van der Waals surface area contributed by atoms with Gasteiger partial charge in [0.05, 0.1) is 12.0 Å². The monoisotopic (exact) mass is 394 g/mol. The first-order chi connectivity index (χ1) is 13.5. The fourth-order valence-electron chi connectivity index (χ4n) is 3.41. The van der Waals surface area contributed by atoms with Crippen LogP contribution in [0.4, 0.5) is 0 Å². The smallest absolute Gasteiger partial charge is 0.320 e. The van der Waals surface area contributed by atoms with Gasteiger partial charge in [0.2, 0.25) is 0 Å². The van der Waals surface area contributed by atoms with Crippen LogP contribution in [0.1, 0.15) is 18.1 Å². The molecule has 2 aromatic carbocycles. The number of aromatic nitrogens is 4. The van der Waals surface area contributed by atoms with Crippen LogP contribution in [0.25, 0.3) is 16.9 Å². The number of halogens is 1. The van der Waals surface area contributed by atoms with E-state index >= 15 is 0 Å². The predicted octanol–water partition coefficient (Wildman–Crippen LogP) is 3.38. The molecule has 6 nitrogen and oxygen atoms in total. The van der Waals surface area contributed by atoms with E-state index in [1.165, 1.54) is 9.13 Å². The second-order valence-electron chi connectivity index (χ2n) is 6.68. The predicted molar refractivity (Wildman–Crippen MR) is 111 cm³/mol. The van der Waals surface area contributed by atoms with Crippen molar-refractivity contribution in [2.24, 2.45) is 0 Å². The molecule has 0 fully saturated rings. The summed E-state index contributed by atoms with van der Waals surface area (Å²) in [5.74, 6) is 0. The lowest BCUT2D eigenvalue weighted by Crippen LogP contribution is -2.39. The molecule has 28 heavy (non-hydrogen) atoms. The van der Waals surface area contributed by atoms with Gasteiger partial charge in [-0.3, -0.25) is 9.36 Å². The van der Waals surface area contributed by atoms with Crippen LogP contribution in [0.2, 0.25) is 5.02 Å². The molecule has 0 bridgehead atoms. The van der Waals surface area contributed by atoms with Crippen LogP contribution in [0.5, 0.6) is 0 Å². The summed E-state index contributed by atoms with van der Waals surface area (Å²) in [6.07, 6.45) is 1.60. The molecule has 0 aliphatic carbocycles. The fraction of sp³-hybridized carbons (Fsp3) is 0.190. The van der Waals surface area contributed by atoms with Gasteiger partial charge in [0.1, 0.15) is 0 Å². The summed E-state index contributed by atoms with van der Waals surface area (Å²) in [4.78, 5) is 30.5. The number of hydrogen-bond donors (Lipinski definition) is 0. The molecule has 4 aromatic rings. The SMILES string of the molecule is CCn1c(=O)c2c(ncn2Cc2cccc(Cl)c2)n(-c2cccc(C)c2)c1=O. The molecular formula is C21H19ClN4O2. The summed E-state index contributed by atoms with van der Waals surface area (Å²) < 4.78 is 4.50. The van der Waals surface area contributed by atoms with Gasteiger partial charge in [0.25, 0.3) is 5.56 Å². The number of nitrogens with zero attached hydrogens (tertiary/aromatic N) is 4. The van der Waals surface area contributed by atoms with E-state index in [1.807, 2.05) is 49.4 Å². The van der Waals surface area contributed by atoms with Crippen molar-refractivity contribution in [1.82, 2.24) is 18.7 Å². The Morgan fingerprint density at radius 2 is 1.86 bits per heavy atom. The quantitative estimate of drug-likeness (QED) is 0.533. The first-order valence-electron chi connectivity index (χ1n) is 9.01. The maximum absolute atomic E-state index is 13.0. The highest BCUT2D eigenvalue weighted by molar-refractivity contribution is 6.30. The first-order valence-corrected chi connectivity index (χ1v) is 9.39. The van der Waals surface area contributed by atoms with Crippen LogP contribution in [0.3, 0.4) is 0 Å². The summed E-state index contributed by atoms with van der Waals surface area (Å²) in [6, 6.07) is 15.0. The van der Waals surface area contributed by atoms with E-state index in [1.54, 1.807) is 23.9 Å². The second kappa shape index (κ2) is 7.13. The van der Waals surface area contributed by atoms with Crippen molar-refractivity contribution in [3.63, 3.8) is 0 Å². The van der Waals surface area contributed by atoms with Crippen molar-refractivity contribution in [2.45, 2.75) is 26.9 Å². The van der Waals surface area contributed by atoms with Gasteiger partial charge >= 0.3 is 5.69 Å². The molecule has 0 unspecified atom stereocenters. The molecule has 2 heterocycles. The highest BCUT2D eigenvalue weighted by Crippen LogP contribution is 2.17. The largest absolute Gasteiger partial charge is 0.337 e. The number of benzene rings is 2. The zero-order chi connectivity index (χ0) is 19.8. The van der Waals surface area contributed by atoms with Crippen LogP contribution in [-0.2, 0) is 13.1 Å². The van der Waals surface area contributed by atoms with Gasteiger partial charge in [-0.15, -0.1) is 0 Å². The average molecular weight is 395 g/mol. The van der Waals surface area contributed by atoms with Crippen LogP contribution < -0.4 is 11.2 Å². The third-order valence-electron chi connectivity index (χ3n) is 4.72. The number of hydrogen-bond acceptors (Lipinski definition) is 3. The Bertz CT molecular complexity index is 1300. The normalized spacial score (nSPS) is 11.2. The van der Waals surface area contributed by atoms with Crippen molar-refractivity contribution < 1.29 is 0 Å². The van der Waals surface area contributed by atoms with Crippen molar-refractivity contribution in [1.29, 1.82) is 0 Å². The Morgan fingerprint density at radius 1 is 1.07 bits per heavy atom. The summed E-state index contributed by atoms with van der Waals surface area (Å²) >= 11 is 6.09. The first kappa shape index (κ1) is 18.3. The highest BCUT2D eigenvalue weighted by Gasteiger charge is 2.18. The Kier molecular flexibility index (Phi) is 4.65. The number of fused-ring (bicyclic) bond motifs is 1. The van der Waals surface area contributed by atoms with Gasteiger partial charge < -0.3 is 4.57 Å². The number of imidazole rings is 1. The second-order valence-corrected chi connectivity index (χ2v) is 7.12. The summed E-state index contributed by atoms with van der Waals surface area (Å²) in [5, 5.41) is 0.629. The highest BCUT2D eigenvalue weighted by atomic mass is 35.5. The van der Waals surface area contributed by atoms with Crippen molar-refractivity contribution in [3.05, 3.63) is 91.8 Å². The number of aryl methyl sites for hydroxylation is 1. The molecule has 0 amide bonds. The Balaban J connectivity index is 2.00. The van der Waals surface area contributed by atoms with Gasteiger partial charge in [-0.25, -0.2) is 14.3 Å². The zero-order valence-electron chi connectivity index (χ0n) is 15.6. The lowest BCUT2D eigenvalue weighted by Gasteiger charge is -2.12. The molecule has 0 saturated heterocycles. The maximum atomic E-state index is 13.0. The summed E-state index contributed by atoms with van der Waals surface area (Å²) in [7, 11) is 0. The lowest BCUT2D eigenvalue weighted by molar-refractivity contribution is 0.655. The molecule has 0 spiro atoms. The molecule has 142 valence electrons. The van der Waals surface area contributed by atoms with Crippen LogP contribution in [-0.4, -0.2) is 18.7 Å². The van der Waals surface area contributed by atoms with Crippen LogP contribution in [0, 0.1) is 6.92 Å². The topological polar surface area (TPSA) is 61.8 Å². The van der Waals surface area contributed by atoms with Crippen LogP contribution in [0.15, 0.2) is 64.4 Å². The molecule has 0 aliphatic rings. The minimum atomic E-state index is -0.390. The van der Waals surface area contributed by atoms with E-state index in [0.717, 1.165) is 11.1 Å². The Morgan fingerprint density at radius 3 is 2.57 bits per heavy atom. The van der Waals surface area contributed by atoms with Crippen molar-refractivity contribution in [3.8, 4) is 5.69 Å². The molecule has 0 N–H and O–H groups in total. The van der Waals surface area contributed by atoms with E-state index in [4.69, 9.17) is 11.6 Å². The van der Waals surface area contributed by atoms with Gasteiger partial charge in [0, 0.05) is 18.1 Å². The Hall–Kier alpha value is -3.12. The molecule has 7 heteroatoms. The third kappa shape index (κ3) is 3.05. The van der Waals surface area contributed by atoms with E-state index in [2.05, 4.69) is 4.98 Å². The maximum Gasteiger partial charge on any atom is 0.337 e. The third-order valence-corrected chi connectivity index (χ3v) is 4.95. The van der Waals surface area contributed by atoms with Gasteiger partial charge in [-0.2, -0.15) is 0 Å². The van der Waals surface area contributed by atoms with Crippen molar-refractivity contribution >= 4 is 22.8 Å². The molecular weight excluding hydrogens is 376 g/mol. The van der Waals surface area contributed by atoms with Gasteiger partial charge in [0.15, 0.2) is 11.2 Å². The van der Waals surface area contributed by atoms with E-state index in [0.29, 0.717) is 28.4 Å². The molecule has 4 rings (SSSR count). The van der Waals surface area contributed by atoms with E-state index in [-0.39, 0.29) is 12.1 Å². The van der Waals surface area contributed by atoms with Crippen LogP contribution >= 0.6 is 11.6 Å². The lowest BCUT2D eigenvalue weighted by atomic mass is 10.2. The Labute approximate surface area is 166 Å². The van der Waals surface area contributed by atoms with E-state index < -0.39 is 5.69 Å². The molecule has 0 saturated carbocycles. The average Bonchev–Trinajstić information content (AvgIpc) is 3.06. The molecule has 0 aliphatic heterocycles. The molecule has 2 aromatic heterocycles. The fourth-order valence-corrected chi connectivity index (χ4v) is 3.62. The van der Waals surface area contributed by atoms with E-state index in [9.17, 15) is 9.59 Å².